The van der Waals surface area contributed by atoms with E-state index in [1.54, 1.807) is 29.2 Å². The third-order valence-electron chi connectivity index (χ3n) is 5.06. The van der Waals surface area contributed by atoms with E-state index in [2.05, 4.69) is 20.3 Å². The van der Waals surface area contributed by atoms with Crippen LogP contribution in [0.5, 0.6) is 0 Å². The van der Waals surface area contributed by atoms with Gasteiger partial charge in [-0.15, -0.1) is 0 Å². The molecule has 2 aromatic heterocycles. The van der Waals surface area contributed by atoms with E-state index < -0.39 is 0 Å². The summed E-state index contributed by atoms with van der Waals surface area (Å²) in [7, 11) is 1.85. The molecule has 1 aliphatic rings. The zero-order valence-electron chi connectivity index (χ0n) is 17.3. The molecule has 0 bridgehead atoms. The summed E-state index contributed by atoms with van der Waals surface area (Å²) < 4.78 is 7.10. The lowest BCUT2D eigenvalue weighted by Crippen LogP contribution is -2.35. The lowest BCUT2D eigenvalue weighted by atomic mass is 10.0. The van der Waals surface area contributed by atoms with Crippen LogP contribution in [0, 0.1) is 0 Å². The third-order valence-corrected chi connectivity index (χ3v) is 5.27. The van der Waals surface area contributed by atoms with E-state index in [0.717, 1.165) is 55.2 Å². The number of carbonyl (C=O) groups is 1. The molecular formula is C23H24ClN5O2. The Kier molecular flexibility index (Phi) is 6.76. The molecule has 31 heavy (non-hydrogen) atoms. The summed E-state index contributed by atoms with van der Waals surface area (Å²) in [6.07, 6.45) is 8.51. The van der Waals surface area contributed by atoms with Crippen LogP contribution in [0.4, 0.5) is 5.69 Å². The Balaban J connectivity index is 1.40. The Bertz CT molecular complexity index is 1070. The molecule has 1 aliphatic heterocycles. The fourth-order valence-corrected chi connectivity index (χ4v) is 3.60. The van der Waals surface area contributed by atoms with Crippen LogP contribution in [0.25, 0.3) is 17.2 Å². The van der Waals surface area contributed by atoms with E-state index in [-0.39, 0.29) is 5.91 Å². The van der Waals surface area contributed by atoms with Gasteiger partial charge in [0.1, 0.15) is 5.15 Å². The minimum absolute atomic E-state index is 0.215. The molecule has 3 heterocycles. The van der Waals surface area contributed by atoms with Gasteiger partial charge >= 0.3 is 0 Å². The first-order valence-electron chi connectivity index (χ1n) is 10.1. The molecule has 0 atom stereocenters. The molecule has 160 valence electrons. The molecule has 4 rings (SSSR count). The van der Waals surface area contributed by atoms with Crippen molar-refractivity contribution in [3.8, 4) is 11.1 Å². The Morgan fingerprint density at radius 1 is 1.23 bits per heavy atom. The molecule has 0 unspecified atom stereocenters. The quantitative estimate of drug-likeness (QED) is 0.471. The van der Waals surface area contributed by atoms with Crippen molar-refractivity contribution in [2.45, 2.75) is 6.54 Å². The van der Waals surface area contributed by atoms with Crippen LogP contribution in [0.2, 0.25) is 5.15 Å². The number of nitrogens with zero attached hydrogens (tertiary/aromatic N) is 4. The van der Waals surface area contributed by atoms with Gasteiger partial charge in [-0.1, -0.05) is 23.7 Å². The summed E-state index contributed by atoms with van der Waals surface area (Å²) in [6.45, 7) is 4.35. The second kappa shape index (κ2) is 9.87. The van der Waals surface area contributed by atoms with Gasteiger partial charge in [0, 0.05) is 62.0 Å². The van der Waals surface area contributed by atoms with Crippen LogP contribution in [-0.2, 0) is 23.1 Å². The molecule has 0 saturated carbocycles. The predicted molar refractivity (Wildman–Crippen MR) is 122 cm³/mol. The number of aromatic nitrogens is 3. The summed E-state index contributed by atoms with van der Waals surface area (Å²) in [5, 5.41) is 7.48. The van der Waals surface area contributed by atoms with E-state index in [1.807, 2.05) is 37.5 Å². The van der Waals surface area contributed by atoms with Crippen molar-refractivity contribution >= 4 is 29.3 Å². The van der Waals surface area contributed by atoms with Gasteiger partial charge < -0.3 is 10.1 Å². The van der Waals surface area contributed by atoms with Crippen molar-refractivity contribution in [1.29, 1.82) is 0 Å². The fourth-order valence-electron chi connectivity index (χ4n) is 3.44. The first kappa shape index (κ1) is 21.2. The summed E-state index contributed by atoms with van der Waals surface area (Å²) >= 11 is 6.07. The highest BCUT2D eigenvalue weighted by molar-refractivity contribution is 6.29. The van der Waals surface area contributed by atoms with Crippen LogP contribution < -0.4 is 5.32 Å². The van der Waals surface area contributed by atoms with E-state index in [4.69, 9.17) is 16.3 Å². The lowest BCUT2D eigenvalue weighted by molar-refractivity contribution is -0.111. The Hall–Kier alpha value is -3.00. The molecule has 0 aliphatic carbocycles. The summed E-state index contributed by atoms with van der Waals surface area (Å²) in [4.78, 5) is 18.9. The number of pyridine rings is 1. The second-order valence-corrected chi connectivity index (χ2v) is 7.79. The molecule has 8 heteroatoms. The Labute approximate surface area is 186 Å². The minimum atomic E-state index is -0.215. The molecule has 1 amide bonds. The number of amides is 1. The number of morpholine rings is 1. The zero-order chi connectivity index (χ0) is 21.6. The van der Waals surface area contributed by atoms with E-state index in [9.17, 15) is 4.79 Å². The van der Waals surface area contributed by atoms with Crippen LogP contribution in [0.1, 0.15) is 11.1 Å². The average Bonchev–Trinajstić information content (AvgIpc) is 3.21. The number of benzene rings is 1. The van der Waals surface area contributed by atoms with E-state index >= 15 is 0 Å². The van der Waals surface area contributed by atoms with Gasteiger partial charge in [-0.2, -0.15) is 5.10 Å². The standard InChI is InChI=1S/C23H24ClN5O2/c1-28-16-19(14-26-28)21-12-22(24)25-13-18(21)4-7-23(30)27-20-5-2-17(3-6-20)15-29-8-10-31-11-9-29/h2-7,12-14,16H,8-11,15H2,1H3,(H,27,30). The van der Waals surface area contributed by atoms with Crippen LogP contribution in [-0.4, -0.2) is 51.9 Å². The summed E-state index contributed by atoms with van der Waals surface area (Å²) in [5.74, 6) is -0.215. The number of aryl methyl sites for hydroxylation is 1. The number of halogens is 1. The maximum atomic E-state index is 12.4. The fraction of sp³-hybridized carbons (Fsp3) is 0.261. The molecule has 3 aromatic rings. The topological polar surface area (TPSA) is 72.3 Å². The molecule has 1 aromatic carbocycles. The molecule has 0 radical (unpaired) electrons. The maximum absolute atomic E-state index is 12.4. The lowest BCUT2D eigenvalue weighted by Gasteiger charge is -2.26. The first-order valence-corrected chi connectivity index (χ1v) is 10.5. The molecule has 0 spiro atoms. The Morgan fingerprint density at radius 2 is 2.00 bits per heavy atom. The van der Waals surface area contributed by atoms with Gasteiger partial charge in [0.05, 0.1) is 19.4 Å². The van der Waals surface area contributed by atoms with Gasteiger partial charge in [0.2, 0.25) is 5.91 Å². The van der Waals surface area contributed by atoms with E-state index in [1.165, 1.54) is 11.6 Å². The number of nitrogens with one attached hydrogen (secondary N) is 1. The molecule has 1 fully saturated rings. The SMILES string of the molecule is Cn1cc(-c2cc(Cl)ncc2C=CC(=O)Nc2ccc(CN3CCOCC3)cc2)cn1. The highest BCUT2D eigenvalue weighted by atomic mass is 35.5. The smallest absolute Gasteiger partial charge is 0.248 e. The summed E-state index contributed by atoms with van der Waals surface area (Å²) in [5.41, 5.74) is 4.52. The first-order chi connectivity index (χ1) is 15.1. The van der Waals surface area contributed by atoms with Crippen molar-refractivity contribution in [2.24, 2.45) is 7.05 Å². The van der Waals surface area contributed by atoms with Gasteiger partial charge in [0.15, 0.2) is 0 Å². The zero-order valence-corrected chi connectivity index (χ0v) is 18.0. The number of hydrogen-bond acceptors (Lipinski definition) is 5. The number of hydrogen-bond donors (Lipinski definition) is 1. The highest BCUT2D eigenvalue weighted by Gasteiger charge is 2.11. The molecule has 7 nitrogen and oxygen atoms in total. The van der Waals surface area contributed by atoms with E-state index in [0.29, 0.717) is 5.15 Å². The van der Waals surface area contributed by atoms with Gasteiger partial charge in [0.25, 0.3) is 0 Å². The monoisotopic (exact) mass is 437 g/mol. The van der Waals surface area contributed by atoms with Crippen molar-refractivity contribution in [2.75, 3.05) is 31.6 Å². The number of rotatable bonds is 6. The maximum Gasteiger partial charge on any atom is 0.248 e. The van der Waals surface area contributed by atoms with Crippen LogP contribution in [0.3, 0.4) is 0 Å². The van der Waals surface area contributed by atoms with Gasteiger partial charge in [-0.25, -0.2) is 4.98 Å². The van der Waals surface area contributed by atoms with Gasteiger partial charge in [-0.3, -0.25) is 14.4 Å². The molecular weight excluding hydrogens is 414 g/mol. The summed E-state index contributed by atoms with van der Waals surface area (Å²) in [6, 6.07) is 9.69. The molecule has 1 saturated heterocycles. The Morgan fingerprint density at radius 3 is 2.71 bits per heavy atom. The van der Waals surface area contributed by atoms with Gasteiger partial charge in [-0.05, 0) is 35.4 Å². The predicted octanol–water partition coefficient (Wildman–Crippen LogP) is 3.62. The second-order valence-electron chi connectivity index (χ2n) is 7.40. The van der Waals surface area contributed by atoms with Crippen molar-refractivity contribution in [1.82, 2.24) is 19.7 Å². The third kappa shape index (κ3) is 5.79. The highest BCUT2D eigenvalue weighted by Crippen LogP contribution is 2.26. The molecule has 1 N–H and O–H groups in total. The normalized spacial score (nSPS) is 14.8. The largest absolute Gasteiger partial charge is 0.379 e. The van der Waals surface area contributed by atoms with Crippen LogP contribution >= 0.6 is 11.6 Å². The number of ether oxygens (including phenoxy) is 1. The number of anilines is 1. The van der Waals surface area contributed by atoms with Crippen molar-refractivity contribution < 1.29 is 9.53 Å². The van der Waals surface area contributed by atoms with Crippen molar-refractivity contribution in [3.05, 3.63) is 71.3 Å². The number of carbonyl (C=O) groups excluding carboxylic acids is 1. The minimum Gasteiger partial charge on any atom is -0.379 e. The average molecular weight is 438 g/mol. The van der Waals surface area contributed by atoms with Crippen molar-refractivity contribution in [3.63, 3.8) is 0 Å². The van der Waals surface area contributed by atoms with Crippen LogP contribution in [0.15, 0.2) is 55.0 Å².